The van der Waals surface area contributed by atoms with Crippen LogP contribution in [0.4, 0.5) is 0 Å². The molecule has 2 aliphatic heterocycles. The summed E-state index contributed by atoms with van der Waals surface area (Å²) >= 11 is 0. The van der Waals surface area contributed by atoms with E-state index >= 15 is 0 Å². The summed E-state index contributed by atoms with van der Waals surface area (Å²) in [4.78, 5) is 3.16. The normalized spacial score (nSPS) is 23.2. The van der Waals surface area contributed by atoms with Crippen LogP contribution in [0.15, 0.2) is 18.2 Å². The number of hydrogen-bond donors (Lipinski definition) is 2. The number of quaternary nitrogens is 2. The van der Waals surface area contributed by atoms with Crippen LogP contribution in [0.3, 0.4) is 0 Å². The lowest BCUT2D eigenvalue weighted by Gasteiger charge is -2.26. The first-order chi connectivity index (χ1) is 11.3. The molecule has 3 heterocycles. The zero-order valence-corrected chi connectivity index (χ0v) is 13.3. The fourth-order valence-electron chi connectivity index (χ4n) is 3.12. The van der Waals surface area contributed by atoms with Crippen molar-refractivity contribution in [2.24, 2.45) is 0 Å². The van der Waals surface area contributed by atoms with Gasteiger partial charge in [-0.1, -0.05) is 6.07 Å². The average molecular weight is 318 g/mol. The van der Waals surface area contributed by atoms with Crippen LogP contribution in [-0.4, -0.2) is 60.2 Å². The second-order valence-corrected chi connectivity index (χ2v) is 6.32. The first kappa shape index (κ1) is 14.4. The average Bonchev–Trinajstić information content (AvgIpc) is 3.19. The lowest BCUT2D eigenvalue weighted by Crippen LogP contribution is -3.26. The van der Waals surface area contributed by atoms with Crippen LogP contribution in [0.25, 0.3) is 0 Å². The highest BCUT2D eigenvalue weighted by molar-refractivity contribution is 5.44. The van der Waals surface area contributed by atoms with E-state index in [0.717, 1.165) is 29.4 Å². The summed E-state index contributed by atoms with van der Waals surface area (Å²) in [6, 6.07) is 5.97. The van der Waals surface area contributed by atoms with E-state index in [0.29, 0.717) is 13.3 Å². The van der Waals surface area contributed by atoms with Crippen LogP contribution in [0.2, 0.25) is 0 Å². The van der Waals surface area contributed by atoms with Gasteiger partial charge in [-0.3, -0.25) is 0 Å². The van der Waals surface area contributed by atoms with Gasteiger partial charge in [0.25, 0.3) is 0 Å². The Morgan fingerprint density at radius 1 is 1.13 bits per heavy atom. The summed E-state index contributed by atoms with van der Waals surface area (Å²) in [6.07, 6.45) is 0. The molecule has 2 aliphatic rings. The summed E-state index contributed by atoms with van der Waals surface area (Å²) in [5.41, 5.74) is 1.11. The Morgan fingerprint density at radius 2 is 1.96 bits per heavy atom. The van der Waals surface area contributed by atoms with Crippen molar-refractivity contribution in [2.45, 2.75) is 13.1 Å². The van der Waals surface area contributed by atoms with E-state index in [-0.39, 0.29) is 0 Å². The van der Waals surface area contributed by atoms with Gasteiger partial charge in [-0.2, -0.15) is 0 Å². The first-order valence-corrected chi connectivity index (χ1v) is 8.06. The minimum atomic E-state index is 0.295. The van der Waals surface area contributed by atoms with E-state index in [4.69, 9.17) is 9.47 Å². The summed E-state index contributed by atoms with van der Waals surface area (Å²) in [6.45, 7) is 6.58. The van der Waals surface area contributed by atoms with Crippen molar-refractivity contribution >= 4 is 0 Å². The van der Waals surface area contributed by atoms with Crippen LogP contribution in [0.5, 0.6) is 11.5 Å². The van der Waals surface area contributed by atoms with Crippen LogP contribution in [0.1, 0.15) is 11.4 Å². The highest BCUT2D eigenvalue weighted by atomic mass is 16.7. The molecule has 1 aromatic carbocycles. The van der Waals surface area contributed by atoms with Gasteiger partial charge < -0.3 is 19.3 Å². The molecule has 8 nitrogen and oxygen atoms in total. The van der Waals surface area contributed by atoms with Crippen LogP contribution >= 0.6 is 0 Å². The SMILES string of the molecule is C[NH+]1CC[NH+](Cc2nnnn2Cc2ccc3c(c2)OCO3)CC1. The minimum Gasteiger partial charge on any atom is -0.454 e. The predicted octanol–water partition coefficient (Wildman–Crippen LogP) is -2.64. The number of nitrogens with zero attached hydrogens (tertiary/aromatic N) is 4. The summed E-state index contributed by atoms with van der Waals surface area (Å²) in [5, 5.41) is 12.2. The fraction of sp³-hybridized carbons (Fsp3) is 0.533. The first-order valence-electron chi connectivity index (χ1n) is 8.06. The van der Waals surface area contributed by atoms with Crippen LogP contribution in [-0.2, 0) is 13.1 Å². The van der Waals surface area contributed by atoms with Gasteiger partial charge >= 0.3 is 0 Å². The van der Waals surface area contributed by atoms with E-state index in [9.17, 15) is 0 Å². The molecule has 2 N–H and O–H groups in total. The topological polar surface area (TPSA) is 70.9 Å². The monoisotopic (exact) mass is 318 g/mol. The van der Waals surface area contributed by atoms with Crippen molar-refractivity contribution in [1.29, 1.82) is 0 Å². The zero-order valence-electron chi connectivity index (χ0n) is 13.3. The molecule has 122 valence electrons. The Hall–Kier alpha value is -2.19. The van der Waals surface area contributed by atoms with Crippen molar-refractivity contribution < 1.29 is 19.3 Å². The Labute approximate surface area is 134 Å². The second kappa shape index (κ2) is 6.13. The Morgan fingerprint density at radius 3 is 2.83 bits per heavy atom. The number of fused-ring (bicyclic) bond motifs is 1. The molecule has 4 rings (SSSR count). The summed E-state index contributed by atoms with van der Waals surface area (Å²) in [5.74, 6) is 2.54. The van der Waals surface area contributed by atoms with Gasteiger partial charge in [-0.25, -0.2) is 4.68 Å². The molecule has 0 unspecified atom stereocenters. The molecule has 8 heteroatoms. The van der Waals surface area contributed by atoms with Gasteiger partial charge in [0.2, 0.25) is 12.6 Å². The van der Waals surface area contributed by atoms with E-state index in [1.165, 1.54) is 26.2 Å². The van der Waals surface area contributed by atoms with E-state index in [1.807, 2.05) is 22.9 Å². The van der Waals surface area contributed by atoms with Crippen molar-refractivity contribution in [3.8, 4) is 11.5 Å². The molecule has 0 bridgehead atoms. The molecule has 0 atom stereocenters. The van der Waals surface area contributed by atoms with Gasteiger partial charge in [0, 0.05) is 0 Å². The third kappa shape index (κ3) is 3.13. The largest absolute Gasteiger partial charge is 0.454 e. The maximum Gasteiger partial charge on any atom is 0.231 e. The number of hydrogen-bond acceptors (Lipinski definition) is 5. The predicted molar refractivity (Wildman–Crippen MR) is 80.5 cm³/mol. The van der Waals surface area contributed by atoms with Gasteiger partial charge in [0.15, 0.2) is 11.5 Å². The highest BCUT2D eigenvalue weighted by Gasteiger charge is 2.23. The van der Waals surface area contributed by atoms with E-state index in [1.54, 1.807) is 9.80 Å². The molecule has 0 aliphatic carbocycles. The van der Waals surface area contributed by atoms with Gasteiger partial charge in [-0.05, 0) is 28.1 Å². The molecule has 1 fully saturated rings. The quantitative estimate of drug-likeness (QED) is 0.645. The maximum atomic E-state index is 5.43. The Kier molecular flexibility index (Phi) is 3.84. The molecule has 0 amide bonds. The van der Waals surface area contributed by atoms with Gasteiger partial charge in [-0.15, -0.1) is 5.10 Å². The zero-order chi connectivity index (χ0) is 15.6. The second-order valence-electron chi connectivity index (χ2n) is 6.32. The fourth-order valence-corrected chi connectivity index (χ4v) is 3.12. The third-order valence-electron chi connectivity index (χ3n) is 4.59. The molecule has 23 heavy (non-hydrogen) atoms. The number of tetrazole rings is 1. The van der Waals surface area contributed by atoms with Crippen LogP contribution < -0.4 is 19.3 Å². The third-order valence-corrected chi connectivity index (χ3v) is 4.59. The number of nitrogens with one attached hydrogen (secondary N) is 2. The van der Waals surface area contributed by atoms with E-state index in [2.05, 4.69) is 22.6 Å². The molecule has 0 radical (unpaired) electrons. The maximum absolute atomic E-state index is 5.43. The molecule has 2 aromatic rings. The summed E-state index contributed by atoms with van der Waals surface area (Å²) in [7, 11) is 2.25. The molecule has 1 saturated heterocycles. The molecular weight excluding hydrogens is 296 g/mol. The number of aromatic nitrogens is 4. The van der Waals surface area contributed by atoms with Gasteiger partial charge in [0.05, 0.1) is 13.6 Å². The molecule has 1 aromatic heterocycles. The molecule has 0 saturated carbocycles. The van der Waals surface area contributed by atoms with Crippen molar-refractivity contribution in [1.82, 2.24) is 20.2 Å². The van der Waals surface area contributed by atoms with Crippen molar-refractivity contribution in [2.75, 3.05) is 40.0 Å². The number of piperazine rings is 1. The smallest absolute Gasteiger partial charge is 0.231 e. The Bertz CT molecular complexity index is 680. The van der Waals surface area contributed by atoms with E-state index < -0.39 is 0 Å². The van der Waals surface area contributed by atoms with Gasteiger partial charge in [0.1, 0.15) is 32.7 Å². The summed E-state index contributed by atoms with van der Waals surface area (Å²) < 4.78 is 12.7. The lowest BCUT2D eigenvalue weighted by molar-refractivity contribution is -1.01. The van der Waals surface area contributed by atoms with Crippen LogP contribution in [0, 0.1) is 0 Å². The number of likely N-dealkylation sites (N-methyl/N-ethyl adjacent to an activating group) is 1. The molecular formula is C15H22N6O2+2. The highest BCUT2D eigenvalue weighted by Crippen LogP contribution is 2.32. The Balaban J connectivity index is 1.45. The van der Waals surface area contributed by atoms with Crippen molar-refractivity contribution in [3.63, 3.8) is 0 Å². The standard InChI is InChI=1S/C15H20N6O2/c1-19-4-6-20(7-5-19)10-15-16-17-18-21(15)9-12-2-3-13-14(8-12)23-11-22-13/h2-3,8H,4-7,9-11H2,1H3/p+2. The number of rotatable bonds is 4. The minimum absolute atomic E-state index is 0.295. The molecule has 0 spiro atoms. The van der Waals surface area contributed by atoms with Crippen molar-refractivity contribution in [3.05, 3.63) is 29.6 Å². The number of ether oxygens (including phenoxy) is 2. The lowest BCUT2D eigenvalue weighted by atomic mass is 10.2. The number of benzene rings is 1.